The zero-order valence-electron chi connectivity index (χ0n) is 17.8. The fourth-order valence-electron chi connectivity index (χ4n) is 3.25. The van der Waals surface area contributed by atoms with Gasteiger partial charge in [0.2, 0.25) is 5.91 Å². The highest BCUT2D eigenvalue weighted by molar-refractivity contribution is 6.00. The summed E-state index contributed by atoms with van der Waals surface area (Å²) < 4.78 is 45.0. The molecule has 1 aromatic rings. The van der Waals surface area contributed by atoms with Gasteiger partial charge in [-0.1, -0.05) is 31.2 Å². The van der Waals surface area contributed by atoms with Gasteiger partial charge in [-0.3, -0.25) is 15.0 Å². The SMILES string of the molecule is C[C@H](CC(=O)c1ccc(C(=N)N)cc1)C(=O)N1CCC(OCC(=O)OC(=O)C(F)(F)F)CC1. The van der Waals surface area contributed by atoms with E-state index in [9.17, 15) is 32.3 Å². The molecule has 0 bridgehead atoms. The van der Waals surface area contributed by atoms with Gasteiger partial charge in [0, 0.05) is 36.6 Å². The third kappa shape index (κ3) is 7.67. The number of nitrogens with zero attached hydrogens (tertiary/aromatic N) is 1. The Hall–Kier alpha value is -3.28. The second-order valence-electron chi connectivity index (χ2n) is 7.61. The number of hydrogen-bond acceptors (Lipinski definition) is 7. The Morgan fingerprint density at radius 3 is 2.18 bits per heavy atom. The van der Waals surface area contributed by atoms with E-state index in [0.717, 1.165) is 0 Å². The van der Waals surface area contributed by atoms with Crippen LogP contribution in [0, 0.1) is 11.3 Å². The van der Waals surface area contributed by atoms with Gasteiger partial charge in [0.25, 0.3) is 0 Å². The fraction of sp³-hybridized carbons (Fsp3) is 0.476. The zero-order valence-corrected chi connectivity index (χ0v) is 17.8. The van der Waals surface area contributed by atoms with Gasteiger partial charge in [-0.05, 0) is 12.8 Å². The Kier molecular flexibility index (Phi) is 8.69. The Morgan fingerprint density at radius 1 is 1.12 bits per heavy atom. The quantitative estimate of drug-likeness (QED) is 0.194. The second kappa shape index (κ2) is 11.0. The number of amidine groups is 1. The summed E-state index contributed by atoms with van der Waals surface area (Å²) in [5.74, 6) is -5.19. The zero-order chi connectivity index (χ0) is 24.8. The van der Waals surface area contributed by atoms with E-state index in [2.05, 4.69) is 4.74 Å². The molecule has 3 N–H and O–H groups in total. The number of likely N-dealkylation sites (tertiary alicyclic amines) is 1. The number of piperidine rings is 1. The first-order valence-corrected chi connectivity index (χ1v) is 10.1. The number of halogens is 3. The summed E-state index contributed by atoms with van der Waals surface area (Å²) in [5.41, 5.74) is 6.28. The summed E-state index contributed by atoms with van der Waals surface area (Å²) in [4.78, 5) is 48.6. The van der Waals surface area contributed by atoms with Crippen LogP contribution in [0.25, 0.3) is 0 Å². The third-order valence-corrected chi connectivity index (χ3v) is 5.06. The van der Waals surface area contributed by atoms with Gasteiger partial charge in [-0.2, -0.15) is 13.2 Å². The molecule has 33 heavy (non-hydrogen) atoms. The predicted octanol–water partition coefficient (Wildman–Crippen LogP) is 1.82. The van der Waals surface area contributed by atoms with Crippen LogP contribution in [-0.4, -0.2) is 66.3 Å². The molecule has 1 aromatic carbocycles. The first-order valence-electron chi connectivity index (χ1n) is 10.1. The monoisotopic (exact) mass is 471 g/mol. The lowest BCUT2D eigenvalue weighted by molar-refractivity contribution is -0.203. The van der Waals surface area contributed by atoms with E-state index in [1.165, 1.54) is 0 Å². The van der Waals surface area contributed by atoms with E-state index < -0.39 is 36.7 Å². The Balaban J connectivity index is 1.76. The molecule has 1 aliphatic rings. The number of ether oxygens (including phenoxy) is 2. The largest absolute Gasteiger partial charge is 0.491 e. The molecule has 1 atom stereocenters. The second-order valence-corrected chi connectivity index (χ2v) is 7.61. The maximum absolute atomic E-state index is 12.7. The van der Waals surface area contributed by atoms with Gasteiger partial charge in [-0.25, -0.2) is 9.59 Å². The summed E-state index contributed by atoms with van der Waals surface area (Å²) in [6.07, 6.45) is -5.09. The molecule has 0 aliphatic carbocycles. The minimum Gasteiger partial charge on any atom is -0.385 e. The average molecular weight is 471 g/mol. The van der Waals surface area contributed by atoms with Crippen LogP contribution < -0.4 is 5.73 Å². The molecule has 0 unspecified atom stereocenters. The van der Waals surface area contributed by atoms with Crippen molar-refractivity contribution >= 4 is 29.5 Å². The molecule has 1 amide bonds. The molecule has 0 radical (unpaired) electrons. The van der Waals surface area contributed by atoms with E-state index in [-0.39, 0.29) is 37.0 Å². The number of nitrogen functional groups attached to an aromatic ring is 1. The normalized spacial score (nSPS) is 15.6. The molecule has 12 heteroatoms. The molecular formula is C21H24F3N3O6. The van der Waals surface area contributed by atoms with Crippen LogP contribution in [-0.2, 0) is 23.9 Å². The number of benzene rings is 1. The molecule has 1 fully saturated rings. The van der Waals surface area contributed by atoms with Crippen molar-refractivity contribution in [2.45, 2.75) is 38.5 Å². The molecule has 0 spiro atoms. The minimum atomic E-state index is -5.27. The van der Waals surface area contributed by atoms with Crippen LogP contribution in [0.2, 0.25) is 0 Å². The van der Waals surface area contributed by atoms with Crippen molar-refractivity contribution in [2.24, 2.45) is 11.7 Å². The van der Waals surface area contributed by atoms with E-state index in [1.807, 2.05) is 0 Å². The molecule has 9 nitrogen and oxygen atoms in total. The number of hydrogen-bond donors (Lipinski definition) is 2. The van der Waals surface area contributed by atoms with E-state index in [1.54, 1.807) is 36.1 Å². The standard InChI is InChI=1S/C21H24F3N3O6/c1-12(10-16(28)13-2-4-14(5-3-13)18(25)26)19(30)27-8-6-15(7-9-27)32-11-17(29)33-20(31)21(22,23)24/h2-5,12,15H,6-11H2,1H3,(H3,25,26)/t12-/m1/s1. The van der Waals surface area contributed by atoms with E-state index >= 15 is 0 Å². The van der Waals surface area contributed by atoms with Gasteiger partial charge in [-0.15, -0.1) is 0 Å². The first kappa shape index (κ1) is 26.0. The number of Topliss-reactive ketones (excluding diaryl/α,β-unsaturated/α-hetero) is 1. The first-order chi connectivity index (χ1) is 15.4. The Morgan fingerprint density at radius 2 is 1.67 bits per heavy atom. The van der Waals surface area contributed by atoms with Crippen LogP contribution >= 0.6 is 0 Å². The highest BCUT2D eigenvalue weighted by Crippen LogP contribution is 2.20. The summed E-state index contributed by atoms with van der Waals surface area (Å²) in [5, 5.41) is 7.36. The van der Waals surface area contributed by atoms with Crippen molar-refractivity contribution < 1.29 is 41.8 Å². The van der Waals surface area contributed by atoms with Gasteiger partial charge < -0.3 is 20.1 Å². The van der Waals surface area contributed by atoms with E-state index in [4.69, 9.17) is 15.9 Å². The van der Waals surface area contributed by atoms with Crippen molar-refractivity contribution in [3.05, 3.63) is 35.4 Å². The lowest BCUT2D eigenvalue weighted by Gasteiger charge is -2.33. The van der Waals surface area contributed by atoms with E-state index in [0.29, 0.717) is 24.0 Å². The highest BCUT2D eigenvalue weighted by atomic mass is 19.4. The number of esters is 2. The number of nitrogens with two attached hydrogens (primary N) is 1. The predicted molar refractivity (Wildman–Crippen MR) is 108 cm³/mol. The summed E-state index contributed by atoms with van der Waals surface area (Å²) in [6.45, 7) is 1.39. The van der Waals surface area contributed by atoms with Crippen molar-refractivity contribution in [3.63, 3.8) is 0 Å². The Bertz CT molecular complexity index is 909. The van der Waals surface area contributed by atoms with Crippen LogP contribution in [0.4, 0.5) is 13.2 Å². The van der Waals surface area contributed by atoms with Crippen molar-refractivity contribution in [1.82, 2.24) is 4.90 Å². The molecule has 1 aliphatic heterocycles. The van der Waals surface area contributed by atoms with Crippen molar-refractivity contribution in [2.75, 3.05) is 19.7 Å². The van der Waals surface area contributed by atoms with Gasteiger partial charge in [0.05, 0.1) is 6.10 Å². The van der Waals surface area contributed by atoms with Crippen LogP contribution in [0.5, 0.6) is 0 Å². The number of carbonyl (C=O) groups is 4. The number of alkyl halides is 3. The van der Waals surface area contributed by atoms with Gasteiger partial charge >= 0.3 is 18.1 Å². The minimum absolute atomic E-state index is 0.00620. The topological polar surface area (TPSA) is 140 Å². The molecule has 0 saturated carbocycles. The number of amides is 1. The Labute approximate surface area is 187 Å². The summed E-state index contributed by atoms with van der Waals surface area (Å²) >= 11 is 0. The maximum atomic E-state index is 12.7. The number of ketones is 1. The highest BCUT2D eigenvalue weighted by Gasteiger charge is 2.42. The molecule has 2 rings (SSSR count). The van der Waals surface area contributed by atoms with Gasteiger partial charge in [0.15, 0.2) is 5.78 Å². The number of nitrogens with one attached hydrogen (secondary N) is 1. The third-order valence-electron chi connectivity index (χ3n) is 5.06. The molecular weight excluding hydrogens is 447 g/mol. The molecule has 1 saturated heterocycles. The van der Waals surface area contributed by atoms with Crippen molar-refractivity contribution in [1.29, 1.82) is 5.41 Å². The average Bonchev–Trinajstić information content (AvgIpc) is 2.76. The van der Waals surface area contributed by atoms with Crippen LogP contribution in [0.1, 0.15) is 42.1 Å². The molecule has 0 aromatic heterocycles. The molecule has 180 valence electrons. The lowest BCUT2D eigenvalue weighted by Crippen LogP contribution is -2.44. The summed E-state index contributed by atoms with van der Waals surface area (Å²) in [7, 11) is 0. The number of rotatable bonds is 8. The van der Waals surface area contributed by atoms with Crippen LogP contribution in [0.3, 0.4) is 0 Å². The van der Waals surface area contributed by atoms with Crippen molar-refractivity contribution in [3.8, 4) is 0 Å². The molecule has 1 heterocycles. The summed E-state index contributed by atoms with van der Waals surface area (Å²) in [6, 6.07) is 6.21. The van der Waals surface area contributed by atoms with Crippen LogP contribution in [0.15, 0.2) is 24.3 Å². The van der Waals surface area contributed by atoms with Gasteiger partial charge in [0.1, 0.15) is 12.4 Å². The lowest BCUT2D eigenvalue weighted by atomic mass is 9.96. The number of carbonyl (C=O) groups excluding carboxylic acids is 4. The fourth-order valence-corrected chi connectivity index (χ4v) is 3.25. The smallest absolute Gasteiger partial charge is 0.385 e. The maximum Gasteiger partial charge on any atom is 0.491 e.